The molecule has 27 heavy (non-hydrogen) atoms. The van der Waals surface area contributed by atoms with Crippen LogP contribution in [0.25, 0.3) is 11.1 Å². The summed E-state index contributed by atoms with van der Waals surface area (Å²) in [6.45, 7) is 4.56. The zero-order valence-corrected chi connectivity index (χ0v) is 17.4. The van der Waals surface area contributed by atoms with Crippen molar-refractivity contribution in [2.24, 2.45) is 5.92 Å². The molecule has 0 bridgehead atoms. The van der Waals surface area contributed by atoms with Gasteiger partial charge in [0.2, 0.25) is 0 Å². The van der Waals surface area contributed by atoms with Crippen LogP contribution in [-0.2, 0) is 6.42 Å². The van der Waals surface area contributed by atoms with Crippen LogP contribution in [0.5, 0.6) is 0 Å². The number of rotatable bonds is 9. The summed E-state index contributed by atoms with van der Waals surface area (Å²) in [6.07, 6.45) is 16.8. The standard InChI is InChI=1S/C26H37N/c1-3-5-7-9-22-10-14-23(15-11-22)25-18-19-26(27-20-25)24-16-12-21(13-17-24)8-6-4-2/h10-11,14-15,18-21,24H,3-9,12-13,16-17H2,1-2H3/t21-,24-. The van der Waals surface area contributed by atoms with Crippen molar-refractivity contribution in [1.82, 2.24) is 4.98 Å². The van der Waals surface area contributed by atoms with E-state index >= 15 is 0 Å². The van der Waals surface area contributed by atoms with Crippen molar-refractivity contribution < 1.29 is 0 Å². The molecule has 3 rings (SSSR count). The minimum atomic E-state index is 0.679. The van der Waals surface area contributed by atoms with Crippen molar-refractivity contribution in [2.75, 3.05) is 0 Å². The molecule has 1 saturated carbocycles. The Balaban J connectivity index is 1.54. The van der Waals surface area contributed by atoms with Crippen molar-refractivity contribution in [3.05, 3.63) is 53.9 Å². The van der Waals surface area contributed by atoms with Crippen LogP contribution < -0.4 is 0 Å². The van der Waals surface area contributed by atoms with E-state index in [4.69, 9.17) is 4.98 Å². The average molecular weight is 364 g/mol. The number of nitrogens with zero attached hydrogens (tertiary/aromatic N) is 1. The number of aryl methyl sites for hydroxylation is 1. The molecule has 1 heterocycles. The molecule has 2 aromatic rings. The Kier molecular flexibility index (Phi) is 7.93. The lowest BCUT2D eigenvalue weighted by molar-refractivity contribution is 0.301. The van der Waals surface area contributed by atoms with Gasteiger partial charge in [-0.3, -0.25) is 4.98 Å². The van der Waals surface area contributed by atoms with Crippen LogP contribution in [0.4, 0.5) is 0 Å². The van der Waals surface area contributed by atoms with E-state index < -0.39 is 0 Å². The van der Waals surface area contributed by atoms with Gasteiger partial charge in [-0.15, -0.1) is 0 Å². The van der Waals surface area contributed by atoms with Gasteiger partial charge in [-0.25, -0.2) is 0 Å². The van der Waals surface area contributed by atoms with Gasteiger partial charge in [0.15, 0.2) is 0 Å². The maximum absolute atomic E-state index is 4.85. The summed E-state index contributed by atoms with van der Waals surface area (Å²) in [5, 5.41) is 0. The fourth-order valence-electron chi connectivity index (χ4n) is 4.50. The number of hydrogen-bond donors (Lipinski definition) is 0. The van der Waals surface area contributed by atoms with E-state index in [0.717, 1.165) is 5.92 Å². The summed E-state index contributed by atoms with van der Waals surface area (Å²) < 4.78 is 0. The molecule has 0 radical (unpaired) electrons. The van der Waals surface area contributed by atoms with E-state index in [9.17, 15) is 0 Å². The van der Waals surface area contributed by atoms with E-state index in [1.54, 1.807) is 0 Å². The highest BCUT2D eigenvalue weighted by Crippen LogP contribution is 2.37. The Morgan fingerprint density at radius 3 is 2.11 bits per heavy atom. The second kappa shape index (κ2) is 10.6. The van der Waals surface area contributed by atoms with Gasteiger partial charge in [0.05, 0.1) is 0 Å². The first-order valence-corrected chi connectivity index (χ1v) is 11.4. The molecule has 0 atom stereocenters. The normalized spacial score (nSPS) is 19.9. The highest BCUT2D eigenvalue weighted by Gasteiger charge is 2.22. The predicted octanol–water partition coefficient (Wildman–Crippen LogP) is 7.95. The molecule has 1 fully saturated rings. The largest absolute Gasteiger partial charge is 0.260 e. The molecule has 0 amide bonds. The summed E-state index contributed by atoms with van der Waals surface area (Å²) >= 11 is 0. The van der Waals surface area contributed by atoms with E-state index in [1.807, 2.05) is 0 Å². The van der Waals surface area contributed by atoms with Crippen LogP contribution in [0.1, 0.15) is 95.2 Å². The van der Waals surface area contributed by atoms with Crippen LogP contribution in [0, 0.1) is 5.92 Å². The number of aromatic nitrogens is 1. The van der Waals surface area contributed by atoms with E-state index in [1.165, 1.54) is 93.0 Å². The van der Waals surface area contributed by atoms with Gasteiger partial charge in [0.25, 0.3) is 0 Å². The van der Waals surface area contributed by atoms with Crippen molar-refractivity contribution in [2.45, 2.75) is 90.4 Å². The summed E-state index contributed by atoms with van der Waals surface area (Å²) in [5.41, 5.74) is 5.30. The summed E-state index contributed by atoms with van der Waals surface area (Å²) in [5.74, 6) is 1.65. The molecule has 1 heteroatoms. The number of benzene rings is 1. The zero-order valence-electron chi connectivity index (χ0n) is 17.4. The highest BCUT2D eigenvalue weighted by molar-refractivity contribution is 5.62. The summed E-state index contributed by atoms with van der Waals surface area (Å²) in [4.78, 5) is 4.85. The van der Waals surface area contributed by atoms with Gasteiger partial charge in [-0.1, -0.05) is 76.3 Å². The first-order chi connectivity index (χ1) is 13.3. The monoisotopic (exact) mass is 363 g/mol. The zero-order chi connectivity index (χ0) is 18.9. The quantitative estimate of drug-likeness (QED) is 0.412. The molecule has 1 aromatic heterocycles. The van der Waals surface area contributed by atoms with Gasteiger partial charge in [0.1, 0.15) is 0 Å². The summed E-state index contributed by atoms with van der Waals surface area (Å²) in [7, 11) is 0. The first kappa shape index (κ1) is 20.1. The topological polar surface area (TPSA) is 12.9 Å². The fraction of sp³-hybridized carbons (Fsp3) is 0.577. The first-order valence-electron chi connectivity index (χ1n) is 11.4. The Morgan fingerprint density at radius 2 is 1.48 bits per heavy atom. The smallest absolute Gasteiger partial charge is 0.0434 e. The van der Waals surface area contributed by atoms with E-state index in [-0.39, 0.29) is 0 Å². The van der Waals surface area contributed by atoms with Crippen molar-refractivity contribution in [3.8, 4) is 11.1 Å². The molecule has 0 aliphatic heterocycles. The second-order valence-electron chi connectivity index (χ2n) is 8.49. The predicted molar refractivity (Wildman–Crippen MR) is 117 cm³/mol. The van der Waals surface area contributed by atoms with Crippen LogP contribution >= 0.6 is 0 Å². The second-order valence-corrected chi connectivity index (χ2v) is 8.49. The molecule has 0 N–H and O–H groups in total. The van der Waals surface area contributed by atoms with Crippen molar-refractivity contribution >= 4 is 0 Å². The Hall–Kier alpha value is -1.63. The minimum Gasteiger partial charge on any atom is -0.260 e. The molecule has 1 aromatic carbocycles. The van der Waals surface area contributed by atoms with Crippen molar-refractivity contribution in [3.63, 3.8) is 0 Å². The van der Waals surface area contributed by atoms with Crippen molar-refractivity contribution in [1.29, 1.82) is 0 Å². The molecular formula is C26H37N. The minimum absolute atomic E-state index is 0.679. The maximum Gasteiger partial charge on any atom is 0.0434 e. The fourth-order valence-corrected chi connectivity index (χ4v) is 4.50. The molecular weight excluding hydrogens is 326 g/mol. The van der Waals surface area contributed by atoms with Gasteiger partial charge >= 0.3 is 0 Å². The maximum atomic E-state index is 4.85. The molecule has 0 unspecified atom stereocenters. The number of unbranched alkanes of at least 4 members (excludes halogenated alkanes) is 3. The van der Waals surface area contributed by atoms with Crippen LogP contribution in [0.3, 0.4) is 0 Å². The SMILES string of the molecule is CCCCCc1ccc(-c2ccc([C@H]3CC[C@H](CCCC)CC3)nc2)cc1. The van der Waals surface area contributed by atoms with Crippen LogP contribution in [0.15, 0.2) is 42.6 Å². The number of pyridine rings is 1. The lowest BCUT2D eigenvalue weighted by Gasteiger charge is -2.28. The van der Waals surface area contributed by atoms with Gasteiger partial charge in [-0.2, -0.15) is 0 Å². The Labute approximate surface area is 166 Å². The third-order valence-corrected chi connectivity index (χ3v) is 6.37. The Morgan fingerprint density at radius 1 is 0.778 bits per heavy atom. The molecule has 1 aliphatic rings. The lowest BCUT2D eigenvalue weighted by atomic mass is 9.78. The highest BCUT2D eigenvalue weighted by atomic mass is 14.7. The van der Waals surface area contributed by atoms with Crippen LogP contribution in [-0.4, -0.2) is 4.98 Å². The molecule has 1 aliphatic carbocycles. The molecule has 146 valence electrons. The van der Waals surface area contributed by atoms with Gasteiger partial charge in [0, 0.05) is 23.4 Å². The molecule has 1 nitrogen and oxygen atoms in total. The van der Waals surface area contributed by atoms with E-state index in [0.29, 0.717) is 5.92 Å². The summed E-state index contributed by atoms with van der Waals surface area (Å²) in [6, 6.07) is 13.7. The molecule has 0 saturated heterocycles. The van der Waals surface area contributed by atoms with Gasteiger partial charge in [-0.05, 0) is 61.6 Å². The third-order valence-electron chi connectivity index (χ3n) is 6.37. The van der Waals surface area contributed by atoms with Gasteiger partial charge < -0.3 is 0 Å². The molecule has 0 spiro atoms. The van der Waals surface area contributed by atoms with Crippen LogP contribution in [0.2, 0.25) is 0 Å². The lowest BCUT2D eigenvalue weighted by Crippen LogP contribution is -2.14. The number of hydrogen-bond acceptors (Lipinski definition) is 1. The Bertz CT molecular complexity index is 648. The third kappa shape index (κ3) is 5.92. The van der Waals surface area contributed by atoms with E-state index in [2.05, 4.69) is 56.4 Å². The average Bonchev–Trinajstić information content (AvgIpc) is 2.73.